The summed E-state index contributed by atoms with van der Waals surface area (Å²) >= 11 is 0. The van der Waals surface area contributed by atoms with Crippen LogP contribution in [0.2, 0.25) is 0 Å². The Hall–Kier alpha value is -2.42. The first-order chi connectivity index (χ1) is 12.2. The minimum absolute atomic E-state index is 0.295. The SMILES string of the molecule is Cc1cccc(C=C2CCN(C(=O)CCCc3ccccc3)CC2)n1. The van der Waals surface area contributed by atoms with Crippen molar-refractivity contribution in [2.24, 2.45) is 0 Å². The summed E-state index contributed by atoms with van der Waals surface area (Å²) in [6, 6.07) is 16.5. The fourth-order valence-corrected chi connectivity index (χ4v) is 3.29. The lowest BCUT2D eigenvalue weighted by Gasteiger charge is -2.28. The van der Waals surface area contributed by atoms with Crippen molar-refractivity contribution in [3.63, 3.8) is 0 Å². The number of hydrogen-bond acceptors (Lipinski definition) is 2. The van der Waals surface area contributed by atoms with Gasteiger partial charge in [0.1, 0.15) is 0 Å². The summed E-state index contributed by atoms with van der Waals surface area (Å²) in [6.45, 7) is 3.68. The summed E-state index contributed by atoms with van der Waals surface area (Å²) in [5, 5.41) is 0. The van der Waals surface area contributed by atoms with Crippen molar-refractivity contribution in [1.82, 2.24) is 9.88 Å². The molecule has 0 spiro atoms. The fourth-order valence-electron chi connectivity index (χ4n) is 3.29. The highest BCUT2D eigenvalue weighted by Gasteiger charge is 2.18. The number of aryl methyl sites for hydroxylation is 2. The third kappa shape index (κ3) is 5.28. The molecule has 1 aromatic carbocycles. The molecule has 0 bridgehead atoms. The highest BCUT2D eigenvalue weighted by atomic mass is 16.2. The highest BCUT2D eigenvalue weighted by molar-refractivity contribution is 5.76. The lowest BCUT2D eigenvalue weighted by molar-refractivity contribution is -0.131. The Labute approximate surface area is 150 Å². The largest absolute Gasteiger partial charge is 0.342 e. The van der Waals surface area contributed by atoms with E-state index in [1.165, 1.54) is 11.1 Å². The molecule has 1 aliphatic rings. The minimum Gasteiger partial charge on any atom is -0.342 e. The van der Waals surface area contributed by atoms with E-state index < -0.39 is 0 Å². The molecule has 3 rings (SSSR count). The van der Waals surface area contributed by atoms with E-state index in [-0.39, 0.29) is 0 Å². The molecule has 1 amide bonds. The first-order valence-electron chi connectivity index (χ1n) is 9.15. The lowest BCUT2D eigenvalue weighted by atomic mass is 10.0. The number of amides is 1. The van der Waals surface area contributed by atoms with E-state index in [1.54, 1.807) is 0 Å². The molecular weight excluding hydrogens is 308 g/mol. The van der Waals surface area contributed by atoms with Crippen LogP contribution in [0, 0.1) is 6.92 Å². The van der Waals surface area contributed by atoms with Crippen LogP contribution in [-0.4, -0.2) is 28.9 Å². The normalized spacial score (nSPS) is 14.4. The predicted molar refractivity (Wildman–Crippen MR) is 102 cm³/mol. The zero-order valence-corrected chi connectivity index (χ0v) is 14.9. The quantitative estimate of drug-likeness (QED) is 0.811. The predicted octanol–water partition coefficient (Wildman–Crippen LogP) is 4.42. The van der Waals surface area contributed by atoms with Gasteiger partial charge in [-0.2, -0.15) is 0 Å². The van der Waals surface area contributed by atoms with E-state index in [4.69, 9.17) is 0 Å². The summed E-state index contributed by atoms with van der Waals surface area (Å²) in [6.07, 6.45) is 6.65. The van der Waals surface area contributed by atoms with E-state index >= 15 is 0 Å². The number of pyridine rings is 1. The van der Waals surface area contributed by atoms with Crippen molar-refractivity contribution in [2.45, 2.75) is 39.0 Å². The van der Waals surface area contributed by atoms with Gasteiger partial charge in [-0.1, -0.05) is 42.0 Å². The Kier molecular flexibility index (Phi) is 5.99. The lowest BCUT2D eigenvalue weighted by Crippen LogP contribution is -2.36. The van der Waals surface area contributed by atoms with Gasteiger partial charge in [0.15, 0.2) is 0 Å². The van der Waals surface area contributed by atoms with Crippen LogP contribution in [0.3, 0.4) is 0 Å². The van der Waals surface area contributed by atoms with Crippen molar-refractivity contribution >= 4 is 12.0 Å². The molecule has 0 aliphatic carbocycles. The van der Waals surface area contributed by atoms with Crippen molar-refractivity contribution in [3.8, 4) is 0 Å². The number of hydrogen-bond donors (Lipinski definition) is 0. The van der Waals surface area contributed by atoms with Gasteiger partial charge in [-0.15, -0.1) is 0 Å². The monoisotopic (exact) mass is 334 g/mol. The number of nitrogens with zero attached hydrogens (tertiary/aromatic N) is 2. The first kappa shape index (κ1) is 17.4. The molecule has 1 aromatic heterocycles. The van der Waals surface area contributed by atoms with E-state index in [0.29, 0.717) is 12.3 Å². The van der Waals surface area contributed by atoms with Gasteiger partial charge in [-0.25, -0.2) is 0 Å². The van der Waals surface area contributed by atoms with Crippen LogP contribution < -0.4 is 0 Å². The van der Waals surface area contributed by atoms with E-state index in [0.717, 1.165) is 50.2 Å². The maximum absolute atomic E-state index is 12.4. The summed E-state index contributed by atoms with van der Waals surface area (Å²) in [5.41, 5.74) is 4.77. The Balaban J connectivity index is 1.44. The highest BCUT2D eigenvalue weighted by Crippen LogP contribution is 2.20. The third-order valence-corrected chi connectivity index (χ3v) is 4.72. The van der Waals surface area contributed by atoms with Gasteiger partial charge in [0.25, 0.3) is 0 Å². The number of carbonyl (C=O) groups is 1. The van der Waals surface area contributed by atoms with Crippen LogP contribution in [0.4, 0.5) is 0 Å². The van der Waals surface area contributed by atoms with E-state index in [9.17, 15) is 4.79 Å². The Morgan fingerprint density at radius 2 is 1.84 bits per heavy atom. The maximum Gasteiger partial charge on any atom is 0.222 e. The molecule has 1 aliphatic heterocycles. The third-order valence-electron chi connectivity index (χ3n) is 4.72. The smallest absolute Gasteiger partial charge is 0.222 e. The molecule has 0 saturated carbocycles. The van der Waals surface area contributed by atoms with Gasteiger partial charge < -0.3 is 4.90 Å². The maximum atomic E-state index is 12.4. The van der Waals surface area contributed by atoms with Crippen LogP contribution in [0.1, 0.15) is 42.6 Å². The van der Waals surface area contributed by atoms with Crippen molar-refractivity contribution < 1.29 is 4.79 Å². The number of carbonyl (C=O) groups excluding carboxylic acids is 1. The molecule has 3 nitrogen and oxygen atoms in total. The molecule has 0 N–H and O–H groups in total. The number of piperidine rings is 1. The Bertz CT molecular complexity index is 727. The van der Waals surface area contributed by atoms with Crippen LogP contribution in [0.25, 0.3) is 6.08 Å². The Morgan fingerprint density at radius 1 is 1.08 bits per heavy atom. The van der Waals surface area contributed by atoms with Crippen LogP contribution in [-0.2, 0) is 11.2 Å². The van der Waals surface area contributed by atoms with Gasteiger partial charge >= 0.3 is 0 Å². The van der Waals surface area contributed by atoms with Crippen molar-refractivity contribution in [3.05, 3.63) is 71.1 Å². The Morgan fingerprint density at radius 3 is 2.56 bits per heavy atom. The number of likely N-dealkylation sites (tertiary alicyclic amines) is 1. The molecular formula is C22H26N2O. The molecule has 0 unspecified atom stereocenters. The molecule has 2 heterocycles. The summed E-state index contributed by atoms with van der Waals surface area (Å²) < 4.78 is 0. The second-order valence-electron chi connectivity index (χ2n) is 6.73. The second kappa shape index (κ2) is 8.61. The fraction of sp³-hybridized carbons (Fsp3) is 0.364. The van der Waals surface area contributed by atoms with Gasteiger partial charge in [0.05, 0.1) is 5.69 Å². The average molecular weight is 334 g/mol. The van der Waals surface area contributed by atoms with Crippen molar-refractivity contribution in [1.29, 1.82) is 0 Å². The van der Waals surface area contributed by atoms with Crippen LogP contribution in [0.15, 0.2) is 54.1 Å². The number of aromatic nitrogens is 1. The van der Waals surface area contributed by atoms with Gasteiger partial charge in [-0.3, -0.25) is 9.78 Å². The molecule has 130 valence electrons. The van der Waals surface area contributed by atoms with Crippen molar-refractivity contribution in [2.75, 3.05) is 13.1 Å². The molecule has 2 aromatic rings. The number of benzene rings is 1. The van der Waals surface area contributed by atoms with E-state index in [1.807, 2.05) is 36.1 Å². The first-order valence-corrected chi connectivity index (χ1v) is 9.15. The van der Waals surface area contributed by atoms with Crippen LogP contribution in [0.5, 0.6) is 0 Å². The second-order valence-corrected chi connectivity index (χ2v) is 6.73. The van der Waals surface area contributed by atoms with Crippen LogP contribution >= 0.6 is 0 Å². The zero-order chi connectivity index (χ0) is 17.5. The van der Waals surface area contributed by atoms with E-state index in [2.05, 4.69) is 35.3 Å². The molecule has 0 radical (unpaired) electrons. The molecule has 3 heteroatoms. The summed E-state index contributed by atoms with van der Waals surface area (Å²) in [7, 11) is 0. The zero-order valence-electron chi connectivity index (χ0n) is 14.9. The topological polar surface area (TPSA) is 33.2 Å². The minimum atomic E-state index is 0.295. The van der Waals surface area contributed by atoms with Gasteiger partial charge in [-0.05, 0) is 56.4 Å². The van der Waals surface area contributed by atoms with Gasteiger partial charge in [0, 0.05) is 25.2 Å². The molecule has 25 heavy (non-hydrogen) atoms. The van der Waals surface area contributed by atoms with Gasteiger partial charge in [0.2, 0.25) is 5.91 Å². The average Bonchev–Trinajstić information content (AvgIpc) is 2.63. The molecule has 0 atom stereocenters. The standard InChI is InChI=1S/C22H26N2O/c1-18-7-5-11-21(23-18)17-20-13-15-24(16-14-20)22(25)12-6-10-19-8-3-2-4-9-19/h2-5,7-9,11,17H,6,10,12-16H2,1H3. The molecule has 1 saturated heterocycles. The summed E-state index contributed by atoms with van der Waals surface area (Å²) in [5.74, 6) is 0.295. The molecule has 1 fully saturated rings. The number of rotatable bonds is 5. The summed E-state index contributed by atoms with van der Waals surface area (Å²) in [4.78, 5) is 18.9.